The number of esters is 2. The van der Waals surface area contributed by atoms with Crippen molar-refractivity contribution in [1.82, 2.24) is 0 Å². The van der Waals surface area contributed by atoms with Crippen molar-refractivity contribution in [2.45, 2.75) is 39.0 Å². The molecule has 0 saturated heterocycles. The Bertz CT molecular complexity index is 1380. The molecule has 15 nitrogen and oxygen atoms in total. The summed E-state index contributed by atoms with van der Waals surface area (Å²) in [6.45, 7) is 13.5. The number of anilines is 2. The molecule has 0 aliphatic carbocycles. The lowest BCUT2D eigenvalue weighted by atomic mass is 10.1. The molecule has 0 aromatic heterocycles. The van der Waals surface area contributed by atoms with Gasteiger partial charge in [0, 0.05) is 5.69 Å². The number of hydrogen-bond acceptors (Lipinski definition) is 15. The summed E-state index contributed by atoms with van der Waals surface area (Å²) >= 11 is 0. The largest absolute Gasteiger partial charge is 0.460 e. The molecular weight excluding hydrogens is 787 g/mol. The van der Waals surface area contributed by atoms with E-state index in [2.05, 4.69) is 5.32 Å². The van der Waals surface area contributed by atoms with Gasteiger partial charge in [-0.25, -0.2) is 4.79 Å². The fourth-order valence-corrected chi connectivity index (χ4v) is 4.60. The van der Waals surface area contributed by atoms with Crippen LogP contribution in [-0.2, 0) is 67.8 Å². The lowest BCUT2D eigenvalue weighted by Gasteiger charge is -2.19. The molecule has 0 unspecified atom stereocenters. The fourth-order valence-electron chi connectivity index (χ4n) is 4.60. The van der Waals surface area contributed by atoms with Crippen LogP contribution in [0.25, 0.3) is 0 Å². The number of benzene rings is 2. The Morgan fingerprint density at radius 3 is 1.31 bits per heavy atom. The van der Waals surface area contributed by atoms with Gasteiger partial charge in [0.25, 0.3) is 0 Å². The molecule has 0 bridgehead atoms. The van der Waals surface area contributed by atoms with Gasteiger partial charge in [-0.1, -0.05) is 18.2 Å². The van der Waals surface area contributed by atoms with Gasteiger partial charge in [0.05, 0.1) is 155 Å². The molecular formula is C41H62F3NO14. The van der Waals surface area contributed by atoms with E-state index in [1.54, 1.807) is 18.2 Å². The number of carbonyl (C=O) groups excluding carboxylic acids is 2. The summed E-state index contributed by atoms with van der Waals surface area (Å²) in [5.41, 5.74) is -0.598. The van der Waals surface area contributed by atoms with Crippen molar-refractivity contribution in [2.75, 3.05) is 144 Å². The molecule has 0 aliphatic rings. The molecule has 18 heteroatoms. The molecule has 0 atom stereocenters. The SMILES string of the molecule is CC(C)(C)OC(=O)CCOCCOCCOCCOCCOCCOCCOCCOCCOCCOCCOC(=O)c1ccccc1Nc1cccc(C(F)(F)F)c1. The average Bonchev–Trinajstić information content (AvgIpc) is 3.19. The van der Waals surface area contributed by atoms with Crippen LogP contribution in [0.5, 0.6) is 0 Å². The van der Waals surface area contributed by atoms with Crippen LogP contribution in [0, 0.1) is 0 Å². The minimum atomic E-state index is -4.48. The van der Waals surface area contributed by atoms with E-state index in [4.69, 9.17) is 56.8 Å². The zero-order chi connectivity index (χ0) is 42.9. The Morgan fingerprint density at radius 2 is 0.898 bits per heavy atom. The van der Waals surface area contributed by atoms with Crippen LogP contribution < -0.4 is 5.32 Å². The third-order valence-corrected chi connectivity index (χ3v) is 7.30. The van der Waals surface area contributed by atoms with E-state index in [1.807, 2.05) is 20.8 Å². The van der Waals surface area contributed by atoms with Crippen LogP contribution in [0.4, 0.5) is 24.5 Å². The summed E-state index contributed by atoms with van der Waals surface area (Å²) in [5.74, 6) is -0.913. The second-order valence-corrected chi connectivity index (χ2v) is 13.3. The summed E-state index contributed by atoms with van der Waals surface area (Å²) in [6, 6.07) is 11.1. The van der Waals surface area contributed by atoms with Crippen molar-refractivity contribution in [3.8, 4) is 0 Å². The van der Waals surface area contributed by atoms with E-state index in [0.717, 1.165) is 12.1 Å². The van der Waals surface area contributed by atoms with Gasteiger partial charge in [-0.15, -0.1) is 0 Å². The molecule has 2 aromatic carbocycles. The summed E-state index contributed by atoms with van der Waals surface area (Å²) < 4.78 is 104. The Morgan fingerprint density at radius 1 is 0.508 bits per heavy atom. The number of hydrogen-bond donors (Lipinski definition) is 1. The molecule has 59 heavy (non-hydrogen) atoms. The lowest BCUT2D eigenvalue weighted by molar-refractivity contribution is -0.156. The first-order valence-corrected chi connectivity index (χ1v) is 19.7. The first-order chi connectivity index (χ1) is 28.5. The molecule has 336 valence electrons. The third kappa shape index (κ3) is 28.6. The Balaban J connectivity index is 1.26. The first kappa shape index (κ1) is 51.7. The van der Waals surface area contributed by atoms with Gasteiger partial charge in [-0.3, -0.25) is 4.79 Å². The van der Waals surface area contributed by atoms with Gasteiger partial charge in [-0.05, 0) is 51.1 Å². The molecule has 0 heterocycles. The number of halogens is 3. The average molecular weight is 850 g/mol. The highest BCUT2D eigenvalue weighted by Crippen LogP contribution is 2.32. The molecule has 0 amide bonds. The molecule has 0 fully saturated rings. The normalized spacial score (nSPS) is 11.8. The highest BCUT2D eigenvalue weighted by Gasteiger charge is 2.30. The molecule has 2 rings (SSSR count). The summed E-state index contributed by atoms with van der Waals surface area (Å²) in [5, 5.41) is 2.86. The lowest BCUT2D eigenvalue weighted by Crippen LogP contribution is -2.24. The zero-order valence-electron chi connectivity index (χ0n) is 34.5. The number of carbonyl (C=O) groups is 2. The van der Waals surface area contributed by atoms with Crippen molar-refractivity contribution in [2.24, 2.45) is 0 Å². The third-order valence-electron chi connectivity index (χ3n) is 7.30. The van der Waals surface area contributed by atoms with E-state index in [0.29, 0.717) is 131 Å². The summed E-state index contributed by atoms with van der Waals surface area (Å²) in [6.07, 6.45) is -4.27. The maximum atomic E-state index is 13.1. The minimum absolute atomic E-state index is 0.00801. The summed E-state index contributed by atoms with van der Waals surface area (Å²) in [4.78, 5) is 24.2. The Labute approximate surface area is 345 Å². The van der Waals surface area contributed by atoms with Crippen LogP contribution >= 0.6 is 0 Å². The highest BCUT2D eigenvalue weighted by atomic mass is 19.4. The van der Waals surface area contributed by atoms with Gasteiger partial charge in [0.1, 0.15) is 12.2 Å². The predicted octanol–water partition coefficient (Wildman–Crippen LogP) is 5.50. The van der Waals surface area contributed by atoms with Crippen LogP contribution in [0.3, 0.4) is 0 Å². The van der Waals surface area contributed by atoms with Crippen molar-refractivity contribution < 1.29 is 79.6 Å². The maximum absolute atomic E-state index is 13.1. The van der Waals surface area contributed by atoms with Gasteiger partial charge < -0.3 is 62.2 Å². The minimum Gasteiger partial charge on any atom is -0.460 e. The number of alkyl halides is 3. The van der Waals surface area contributed by atoms with Crippen LogP contribution in [0.15, 0.2) is 48.5 Å². The molecule has 2 aromatic rings. The predicted molar refractivity (Wildman–Crippen MR) is 210 cm³/mol. The smallest absolute Gasteiger partial charge is 0.416 e. The van der Waals surface area contributed by atoms with Crippen LogP contribution in [0.2, 0.25) is 0 Å². The second-order valence-electron chi connectivity index (χ2n) is 13.3. The number of para-hydroxylation sites is 1. The molecule has 0 aliphatic heterocycles. The number of ether oxygens (including phenoxy) is 12. The van der Waals surface area contributed by atoms with Gasteiger partial charge in [-0.2, -0.15) is 13.2 Å². The molecule has 0 radical (unpaired) electrons. The topological polar surface area (TPSA) is 157 Å². The van der Waals surface area contributed by atoms with Gasteiger partial charge >= 0.3 is 18.1 Å². The van der Waals surface area contributed by atoms with Crippen molar-refractivity contribution in [3.63, 3.8) is 0 Å². The number of nitrogens with one attached hydrogen (secondary N) is 1. The zero-order valence-corrected chi connectivity index (χ0v) is 34.5. The number of rotatable bonds is 36. The Kier molecular flexibility index (Phi) is 28.4. The maximum Gasteiger partial charge on any atom is 0.416 e. The van der Waals surface area contributed by atoms with E-state index in [1.165, 1.54) is 18.2 Å². The fraction of sp³-hybridized carbons (Fsp3) is 0.659. The quantitative estimate of drug-likeness (QED) is 0.0677. The highest BCUT2D eigenvalue weighted by molar-refractivity contribution is 5.96. The van der Waals surface area contributed by atoms with E-state index < -0.39 is 23.3 Å². The van der Waals surface area contributed by atoms with Gasteiger partial charge in [0.15, 0.2) is 0 Å². The molecule has 1 N–H and O–H groups in total. The standard InChI is InChI=1S/C41H62F3NO14/c1-40(2,3)59-38(46)11-12-48-13-14-49-15-16-50-17-18-51-19-20-52-21-22-53-23-24-54-25-26-55-27-28-56-29-30-57-31-32-58-39(47)36-9-4-5-10-37(36)45-35-8-6-7-34(33-35)41(42,43)44/h4-10,33,45H,11-32H2,1-3H3. The van der Waals surface area contributed by atoms with Crippen LogP contribution in [0.1, 0.15) is 43.1 Å². The van der Waals surface area contributed by atoms with Crippen LogP contribution in [-0.4, -0.2) is 156 Å². The van der Waals surface area contributed by atoms with E-state index >= 15 is 0 Å². The van der Waals surface area contributed by atoms with Crippen molar-refractivity contribution in [1.29, 1.82) is 0 Å². The van der Waals surface area contributed by atoms with E-state index in [9.17, 15) is 22.8 Å². The molecule has 0 saturated carbocycles. The van der Waals surface area contributed by atoms with Gasteiger partial charge in [0.2, 0.25) is 0 Å². The monoisotopic (exact) mass is 849 g/mol. The first-order valence-electron chi connectivity index (χ1n) is 19.7. The van der Waals surface area contributed by atoms with Crippen molar-refractivity contribution >= 4 is 23.3 Å². The van der Waals surface area contributed by atoms with E-state index in [-0.39, 0.29) is 36.9 Å². The molecule has 0 spiro atoms. The second kappa shape index (κ2) is 32.4. The Hall–Kier alpha value is -3.43. The summed E-state index contributed by atoms with van der Waals surface area (Å²) in [7, 11) is 0. The van der Waals surface area contributed by atoms with Crippen molar-refractivity contribution in [3.05, 3.63) is 59.7 Å².